The molecule has 0 radical (unpaired) electrons. The van der Waals surface area contributed by atoms with Crippen LogP contribution in [-0.2, 0) is 16.0 Å². The van der Waals surface area contributed by atoms with E-state index in [1.807, 2.05) is 19.1 Å². The number of carbonyl (C=O) groups is 2. The SMILES string of the molecule is C=CC(=O)OCCCc1cc(C)ccc1N=Nc1cc(C(=O)c2ccccc2)c(O)cc1O. The maximum atomic E-state index is 12.8. The molecule has 0 saturated carbocycles. The van der Waals surface area contributed by atoms with E-state index in [0.29, 0.717) is 24.1 Å². The van der Waals surface area contributed by atoms with Gasteiger partial charge in [-0.25, -0.2) is 4.79 Å². The summed E-state index contributed by atoms with van der Waals surface area (Å²) in [6, 6.07) is 16.6. The molecular formula is C26H24N2O5. The van der Waals surface area contributed by atoms with Crippen molar-refractivity contribution >= 4 is 23.1 Å². The van der Waals surface area contributed by atoms with E-state index < -0.39 is 11.8 Å². The van der Waals surface area contributed by atoms with Gasteiger partial charge in [-0.05, 0) is 37.5 Å². The van der Waals surface area contributed by atoms with Crippen LogP contribution in [0.3, 0.4) is 0 Å². The number of benzene rings is 3. The fourth-order valence-electron chi connectivity index (χ4n) is 3.19. The zero-order valence-corrected chi connectivity index (χ0v) is 18.2. The Bertz CT molecular complexity index is 1200. The monoisotopic (exact) mass is 444 g/mol. The number of ether oxygens (including phenoxy) is 1. The van der Waals surface area contributed by atoms with Gasteiger partial charge in [0.2, 0.25) is 0 Å². The second kappa shape index (κ2) is 10.9. The van der Waals surface area contributed by atoms with Gasteiger partial charge in [-0.15, -0.1) is 5.11 Å². The molecule has 0 spiro atoms. The van der Waals surface area contributed by atoms with Crippen molar-refractivity contribution in [1.29, 1.82) is 0 Å². The number of rotatable bonds is 9. The standard InChI is InChI=1S/C26H24N2O5/c1-3-25(31)33-13-7-10-19-14-17(2)11-12-21(19)27-28-22-15-20(23(29)16-24(22)30)26(32)18-8-5-4-6-9-18/h3-6,8-9,11-12,14-16,29-30H,1,7,10,13H2,2H3. The van der Waals surface area contributed by atoms with E-state index in [9.17, 15) is 19.8 Å². The van der Waals surface area contributed by atoms with E-state index in [1.165, 1.54) is 6.07 Å². The average Bonchev–Trinajstić information content (AvgIpc) is 2.82. The van der Waals surface area contributed by atoms with Gasteiger partial charge in [0.05, 0.1) is 17.9 Å². The van der Waals surface area contributed by atoms with Gasteiger partial charge in [-0.1, -0.05) is 54.6 Å². The van der Waals surface area contributed by atoms with Gasteiger partial charge in [-0.2, -0.15) is 5.11 Å². The summed E-state index contributed by atoms with van der Waals surface area (Å²) in [4.78, 5) is 23.9. The molecule has 7 nitrogen and oxygen atoms in total. The van der Waals surface area contributed by atoms with Crippen molar-refractivity contribution in [3.63, 3.8) is 0 Å². The summed E-state index contributed by atoms with van der Waals surface area (Å²) in [5, 5.41) is 28.8. The van der Waals surface area contributed by atoms with E-state index in [-0.39, 0.29) is 29.4 Å². The first kappa shape index (κ1) is 23.4. The molecule has 0 aromatic heterocycles. The lowest BCUT2D eigenvalue weighted by Crippen LogP contribution is -2.03. The van der Waals surface area contributed by atoms with Crippen LogP contribution < -0.4 is 0 Å². The molecule has 0 unspecified atom stereocenters. The number of aromatic hydroxyl groups is 2. The third kappa shape index (κ3) is 6.13. The summed E-state index contributed by atoms with van der Waals surface area (Å²) in [7, 11) is 0. The van der Waals surface area contributed by atoms with E-state index in [0.717, 1.165) is 23.3 Å². The fourth-order valence-corrected chi connectivity index (χ4v) is 3.19. The maximum Gasteiger partial charge on any atom is 0.330 e. The lowest BCUT2D eigenvalue weighted by Gasteiger charge is -2.08. The van der Waals surface area contributed by atoms with Crippen molar-refractivity contribution in [1.82, 2.24) is 0 Å². The molecule has 0 aliphatic rings. The molecule has 168 valence electrons. The first-order valence-electron chi connectivity index (χ1n) is 10.3. The van der Waals surface area contributed by atoms with Crippen LogP contribution in [0.1, 0.15) is 33.5 Å². The highest BCUT2D eigenvalue weighted by Crippen LogP contribution is 2.36. The number of azo groups is 1. The van der Waals surface area contributed by atoms with Gasteiger partial charge >= 0.3 is 5.97 Å². The Hall–Kier alpha value is -4.26. The molecule has 0 amide bonds. The number of aryl methyl sites for hydroxylation is 2. The first-order chi connectivity index (χ1) is 15.9. The molecule has 2 N–H and O–H groups in total. The van der Waals surface area contributed by atoms with Crippen LogP contribution in [0, 0.1) is 6.92 Å². The number of phenols is 2. The predicted octanol–water partition coefficient (Wildman–Crippen LogP) is 5.71. The van der Waals surface area contributed by atoms with Crippen LogP contribution in [0.15, 0.2) is 83.5 Å². The van der Waals surface area contributed by atoms with Crippen LogP contribution in [0.25, 0.3) is 0 Å². The van der Waals surface area contributed by atoms with E-state index in [4.69, 9.17) is 4.74 Å². The van der Waals surface area contributed by atoms with Crippen LogP contribution in [0.4, 0.5) is 11.4 Å². The van der Waals surface area contributed by atoms with Gasteiger partial charge in [0, 0.05) is 17.7 Å². The maximum absolute atomic E-state index is 12.8. The number of esters is 1. The van der Waals surface area contributed by atoms with Gasteiger partial charge < -0.3 is 14.9 Å². The second-order valence-electron chi connectivity index (χ2n) is 7.36. The Morgan fingerprint density at radius 2 is 1.70 bits per heavy atom. The summed E-state index contributed by atoms with van der Waals surface area (Å²) in [6.45, 7) is 5.57. The molecule has 0 heterocycles. The minimum Gasteiger partial charge on any atom is -0.507 e. The highest BCUT2D eigenvalue weighted by molar-refractivity contribution is 6.11. The highest BCUT2D eigenvalue weighted by Gasteiger charge is 2.17. The van der Waals surface area contributed by atoms with Crippen molar-refractivity contribution in [3.05, 3.63) is 95.6 Å². The Kier molecular flexibility index (Phi) is 7.70. The quantitative estimate of drug-likeness (QED) is 0.144. The van der Waals surface area contributed by atoms with Crippen LogP contribution in [0.5, 0.6) is 11.5 Å². The molecule has 3 aromatic carbocycles. The molecule has 3 rings (SSSR count). The van der Waals surface area contributed by atoms with Crippen molar-refractivity contribution in [2.45, 2.75) is 19.8 Å². The molecule has 3 aromatic rings. The Labute approximate surface area is 191 Å². The predicted molar refractivity (Wildman–Crippen MR) is 124 cm³/mol. The van der Waals surface area contributed by atoms with Crippen LogP contribution >= 0.6 is 0 Å². The molecule has 7 heteroatoms. The molecule has 0 bridgehead atoms. The molecule has 0 aliphatic heterocycles. The van der Waals surface area contributed by atoms with Crippen molar-refractivity contribution in [2.24, 2.45) is 10.2 Å². The number of ketones is 1. The molecule has 0 fully saturated rings. The summed E-state index contributed by atoms with van der Waals surface area (Å²) in [6.07, 6.45) is 2.30. The third-order valence-corrected chi connectivity index (χ3v) is 4.88. The average molecular weight is 444 g/mol. The summed E-state index contributed by atoms with van der Waals surface area (Å²) in [5.41, 5.74) is 2.99. The van der Waals surface area contributed by atoms with Gasteiger partial charge in [-0.3, -0.25) is 4.79 Å². The van der Waals surface area contributed by atoms with E-state index in [2.05, 4.69) is 16.8 Å². The van der Waals surface area contributed by atoms with E-state index >= 15 is 0 Å². The largest absolute Gasteiger partial charge is 0.507 e. The van der Waals surface area contributed by atoms with Crippen LogP contribution in [-0.4, -0.2) is 28.6 Å². The van der Waals surface area contributed by atoms with Crippen molar-refractivity contribution in [2.75, 3.05) is 6.61 Å². The number of phenolic OH excluding ortho intramolecular Hbond substituents is 2. The number of carbonyl (C=O) groups excluding carboxylic acids is 2. The molecular weight excluding hydrogens is 420 g/mol. The topological polar surface area (TPSA) is 109 Å². The Balaban J connectivity index is 1.84. The zero-order chi connectivity index (χ0) is 23.8. The number of hydrogen-bond donors (Lipinski definition) is 2. The summed E-state index contributed by atoms with van der Waals surface area (Å²) >= 11 is 0. The van der Waals surface area contributed by atoms with Gasteiger partial charge in [0.1, 0.15) is 17.2 Å². The Morgan fingerprint density at radius 3 is 2.42 bits per heavy atom. The molecule has 0 saturated heterocycles. The normalized spacial score (nSPS) is 10.8. The van der Waals surface area contributed by atoms with Crippen molar-refractivity contribution in [3.8, 4) is 11.5 Å². The number of nitrogens with zero attached hydrogens (tertiary/aromatic N) is 2. The van der Waals surface area contributed by atoms with E-state index in [1.54, 1.807) is 36.4 Å². The molecule has 33 heavy (non-hydrogen) atoms. The molecule has 0 aliphatic carbocycles. The minimum absolute atomic E-state index is 0.0149. The summed E-state index contributed by atoms with van der Waals surface area (Å²) in [5.74, 6) is -1.51. The third-order valence-electron chi connectivity index (χ3n) is 4.88. The smallest absolute Gasteiger partial charge is 0.330 e. The first-order valence-corrected chi connectivity index (χ1v) is 10.3. The molecule has 0 atom stereocenters. The van der Waals surface area contributed by atoms with Crippen molar-refractivity contribution < 1.29 is 24.5 Å². The Morgan fingerprint density at radius 1 is 0.970 bits per heavy atom. The lowest BCUT2D eigenvalue weighted by atomic mass is 10.0. The highest BCUT2D eigenvalue weighted by atomic mass is 16.5. The fraction of sp³-hybridized carbons (Fsp3) is 0.154. The van der Waals surface area contributed by atoms with Gasteiger partial charge in [0.25, 0.3) is 0 Å². The minimum atomic E-state index is -0.470. The zero-order valence-electron chi connectivity index (χ0n) is 18.2. The number of hydrogen-bond acceptors (Lipinski definition) is 7. The lowest BCUT2D eigenvalue weighted by molar-refractivity contribution is -0.137. The second-order valence-corrected chi connectivity index (χ2v) is 7.36. The van der Waals surface area contributed by atoms with Gasteiger partial charge in [0.15, 0.2) is 5.78 Å². The van der Waals surface area contributed by atoms with Crippen LogP contribution in [0.2, 0.25) is 0 Å². The summed E-state index contributed by atoms with van der Waals surface area (Å²) < 4.78 is 5.01.